The van der Waals surface area contributed by atoms with Crippen LogP contribution < -0.4 is 15.4 Å². The van der Waals surface area contributed by atoms with Gasteiger partial charge in [0.2, 0.25) is 5.91 Å². The minimum absolute atomic E-state index is 0.00904. The summed E-state index contributed by atoms with van der Waals surface area (Å²) in [7, 11) is 0. The van der Waals surface area contributed by atoms with Gasteiger partial charge in [0.1, 0.15) is 5.75 Å². The predicted octanol–water partition coefficient (Wildman–Crippen LogP) is 1.50. The average molecular weight is 262 g/mol. The van der Waals surface area contributed by atoms with E-state index in [0.717, 1.165) is 31.6 Å². The molecular weight excluding hydrogens is 240 g/mol. The maximum Gasteiger partial charge on any atom is 0.237 e. The number of carbonyl (C=O) groups is 1. The van der Waals surface area contributed by atoms with Crippen molar-refractivity contribution in [2.75, 3.05) is 19.7 Å². The highest BCUT2D eigenvalue weighted by Crippen LogP contribution is 2.13. The molecule has 0 spiro atoms. The molecule has 19 heavy (non-hydrogen) atoms. The normalized spacial score (nSPS) is 18.3. The van der Waals surface area contributed by atoms with Crippen molar-refractivity contribution in [1.82, 2.24) is 10.6 Å². The SMILES string of the molecule is CCOc1cccc(CCNC(=O)[C@H]2CCCN2)c1. The molecule has 1 fully saturated rings. The van der Waals surface area contributed by atoms with E-state index in [0.29, 0.717) is 13.2 Å². The van der Waals surface area contributed by atoms with E-state index in [-0.39, 0.29) is 11.9 Å². The van der Waals surface area contributed by atoms with Crippen LogP contribution in [0.1, 0.15) is 25.3 Å². The number of nitrogens with one attached hydrogen (secondary N) is 2. The maximum absolute atomic E-state index is 11.8. The first-order valence-corrected chi connectivity index (χ1v) is 7.02. The molecule has 104 valence electrons. The summed E-state index contributed by atoms with van der Waals surface area (Å²) in [5.41, 5.74) is 1.19. The number of carbonyl (C=O) groups excluding carboxylic acids is 1. The summed E-state index contributed by atoms with van der Waals surface area (Å²) in [5.74, 6) is 1.02. The van der Waals surface area contributed by atoms with Crippen molar-refractivity contribution in [3.63, 3.8) is 0 Å². The van der Waals surface area contributed by atoms with Crippen LogP contribution in [0.15, 0.2) is 24.3 Å². The van der Waals surface area contributed by atoms with Crippen molar-refractivity contribution in [3.8, 4) is 5.75 Å². The highest BCUT2D eigenvalue weighted by atomic mass is 16.5. The van der Waals surface area contributed by atoms with Crippen LogP contribution in [0.3, 0.4) is 0 Å². The topological polar surface area (TPSA) is 50.4 Å². The predicted molar refractivity (Wildman–Crippen MR) is 75.3 cm³/mol. The highest BCUT2D eigenvalue weighted by molar-refractivity contribution is 5.81. The maximum atomic E-state index is 11.8. The third kappa shape index (κ3) is 4.24. The quantitative estimate of drug-likeness (QED) is 0.817. The zero-order valence-corrected chi connectivity index (χ0v) is 11.4. The summed E-state index contributed by atoms with van der Waals surface area (Å²) < 4.78 is 5.46. The minimum atomic E-state index is 0.00904. The van der Waals surface area contributed by atoms with E-state index in [1.807, 2.05) is 25.1 Å². The van der Waals surface area contributed by atoms with Crippen molar-refractivity contribution in [3.05, 3.63) is 29.8 Å². The van der Waals surface area contributed by atoms with E-state index in [4.69, 9.17) is 4.74 Å². The number of rotatable bonds is 6. The van der Waals surface area contributed by atoms with Crippen molar-refractivity contribution >= 4 is 5.91 Å². The summed E-state index contributed by atoms with van der Waals surface area (Å²) in [6, 6.07) is 8.04. The Morgan fingerprint density at radius 1 is 1.53 bits per heavy atom. The molecule has 0 radical (unpaired) electrons. The number of hydrogen-bond acceptors (Lipinski definition) is 3. The van der Waals surface area contributed by atoms with Crippen molar-refractivity contribution in [1.29, 1.82) is 0 Å². The summed E-state index contributed by atoms with van der Waals surface area (Å²) in [5, 5.41) is 6.18. The molecule has 0 saturated carbocycles. The van der Waals surface area contributed by atoms with Crippen molar-refractivity contribution < 1.29 is 9.53 Å². The van der Waals surface area contributed by atoms with Gasteiger partial charge in [-0.2, -0.15) is 0 Å². The molecule has 1 aromatic rings. The molecule has 0 unspecified atom stereocenters. The standard InChI is InChI=1S/C15H22N2O2/c1-2-19-13-6-3-5-12(11-13)8-10-17-15(18)14-7-4-9-16-14/h3,5-6,11,14,16H,2,4,7-10H2,1H3,(H,17,18)/t14-/m1/s1. The second kappa shape index (κ2) is 7.14. The van der Waals surface area contributed by atoms with Crippen LogP contribution in [0.25, 0.3) is 0 Å². The van der Waals surface area contributed by atoms with E-state index in [1.165, 1.54) is 5.56 Å². The van der Waals surface area contributed by atoms with Crippen LogP contribution in [-0.2, 0) is 11.2 Å². The Bertz CT molecular complexity index is 414. The lowest BCUT2D eigenvalue weighted by Gasteiger charge is -2.11. The van der Waals surface area contributed by atoms with Crippen LogP contribution >= 0.6 is 0 Å². The van der Waals surface area contributed by atoms with E-state index < -0.39 is 0 Å². The number of hydrogen-bond donors (Lipinski definition) is 2. The highest BCUT2D eigenvalue weighted by Gasteiger charge is 2.21. The molecule has 1 aromatic carbocycles. The summed E-state index contributed by atoms with van der Waals surface area (Å²) in [6.07, 6.45) is 2.87. The van der Waals surface area contributed by atoms with E-state index in [9.17, 15) is 4.79 Å². The van der Waals surface area contributed by atoms with Gasteiger partial charge >= 0.3 is 0 Å². The molecule has 1 atom stereocenters. The molecule has 2 N–H and O–H groups in total. The molecule has 1 aliphatic rings. The number of ether oxygens (including phenoxy) is 1. The van der Waals surface area contributed by atoms with Crippen LogP contribution in [0.5, 0.6) is 5.75 Å². The molecule has 1 amide bonds. The smallest absolute Gasteiger partial charge is 0.237 e. The zero-order valence-electron chi connectivity index (χ0n) is 11.4. The Kier molecular flexibility index (Phi) is 5.21. The van der Waals surface area contributed by atoms with Gasteiger partial charge in [-0.1, -0.05) is 12.1 Å². The Hall–Kier alpha value is -1.55. The van der Waals surface area contributed by atoms with Gasteiger partial charge in [-0.15, -0.1) is 0 Å². The minimum Gasteiger partial charge on any atom is -0.494 e. The van der Waals surface area contributed by atoms with Crippen molar-refractivity contribution in [2.24, 2.45) is 0 Å². The van der Waals surface area contributed by atoms with E-state index in [2.05, 4.69) is 16.7 Å². The molecule has 1 saturated heterocycles. The van der Waals surface area contributed by atoms with Crippen LogP contribution in [-0.4, -0.2) is 31.6 Å². The molecule has 2 rings (SSSR count). The van der Waals surface area contributed by atoms with Crippen LogP contribution in [0.4, 0.5) is 0 Å². The third-order valence-corrected chi connectivity index (χ3v) is 3.30. The van der Waals surface area contributed by atoms with E-state index >= 15 is 0 Å². The molecule has 0 aliphatic carbocycles. The van der Waals surface area contributed by atoms with Gasteiger partial charge in [0, 0.05) is 6.54 Å². The van der Waals surface area contributed by atoms with Gasteiger partial charge in [0.25, 0.3) is 0 Å². The monoisotopic (exact) mass is 262 g/mol. The largest absolute Gasteiger partial charge is 0.494 e. The molecule has 1 aliphatic heterocycles. The Morgan fingerprint density at radius 3 is 3.16 bits per heavy atom. The van der Waals surface area contributed by atoms with Gasteiger partial charge in [-0.3, -0.25) is 4.79 Å². The van der Waals surface area contributed by atoms with Gasteiger partial charge in [0.15, 0.2) is 0 Å². The molecule has 0 bridgehead atoms. The summed E-state index contributed by atoms with van der Waals surface area (Å²) in [4.78, 5) is 11.8. The molecule has 0 aromatic heterocycles. The molecule has 4 nitrogen and oxygen atoms in total. The lowest BCUT2D eigenvalue weighted by Crippen LogP contribution is -2.41. The molecular formula is C15H22N2O2. The van der Waals surface area contributed by atoms with Gasteiger partial charge < -0.3 is 15.4 Å². The lowest BCUT2D eigenvalue weighted by atomic mass is 10.1. The van der Waals surface area contributed by atoms with Crippen LogP contribution in [0.2, 0.25) is 0 Å². The second-order valence-corrected chi connectivity index (χ2v) is 4.77. The Labute approximate surface area is 114 Å². The van der Waals surface area contributed by atoms with Crippen molar-refractivity contribution in [2.45, 2.75) is 32.2 Å². The average Bonchev–Trinajstić information content (AvgIpc) is 2.93. The molecule has 1 heterocycles. The first-order chi connectivity index (χ1) is 9.29. The summed E-state index contributed by atoms with van der Waals surface area (Å²) in [6.45, 7) is 4.27. The fraction of sp³-hybridized carbons (Fsp3) is 0.533. The Morgan fingerprint density at radius 2 is 2.42 bits per heavy atom. The second-order valence-electron chi connectivity index (χ2n) is 4.77. The van der Waals surface area contributed by atoms with Gasteiger partial charge in [0.05, 0.1) is 12.6 Å². The van der Waals surface area contributed by atoms with Gasteiger partial charge in [-0.05, 0) is 50.4 Å². The Balaban J connectivity index is 1.75. The fourth-order valence-electron chi connectivity index (χ4n) is 2.32. The van der Waals surface area contributed by atoms with Crippen LogP contribution in [0, 0.1) is 0 Å². The number of benzene rings is 1. The van der Waals surface area contributed by atoms with Gasteiger partial charge in [-0.25, -0.2) is 0 Å². The fourth-order valence-corrected chi connectivity index (χ4v) is 2.32. The third-order valence-electron chi connectivity index (χ3n) is 3.30. The summed E-state index contributed by atoms with van der Waals surface area (Å²) >= 11 is 0. The molecule has 4 heteroatoms. The number of amides is 1. The first kappa shape index (κ1) is 13.9. The van der Waals surface area contributed by atoms with E-state index in [1.54, 1.807) is 0 Å². The zero-order chi connectivity index (χ0) is 13.5. The lowest BCUT2D eigenvalue weighted by molar-refractivity contribution is -0.122. The first-order valence-electron chi connectivity index (χ1n) is 7.02.